The quantitative estimate of drug-likeness (QED) is 0.307. The maximum absolute atomic E-state index is 14.4. The lowest BCUT2D eigenvalue weighted by atomic mass is 10.0. The van der Waals surface area contributed by atoms with Crippen LogP contribution in [0.5, 0.6) is 0 Å². The largest absolute Gasteiger partial charge is 0.477 e. The molecule has 0 aliphatic carbocycles. The van der Waals surface area contributed by atoms with E-state index in [0.29, 0.717) is 11.3 Å². The Balaban J connectivity index is 1.64. The molecule has 166 valence electrons. The first kappa shape index (κ1) is 21.9. The van der Waals surface area contributed by atoms with Crippen molar-refractivity contribution in [2.75, 3.05) is 17.2 Å². The average Bonchev–Trinajstić information content (AvgIpc) is 2.84. The van der Waals surface area contributed by atoms with Gasteiger partial charge in [-0.25, -0.2) is 14.2 Å². The van der Waals surface area contributed by atoms with Crippen LogP contribution in [0.25, 0.3) is 11.1 Å². The molecule has 0 radical (unpaired) electrons. The highest BCUT2D eigenvalue weighted by Gasteiger charge is 2.18. The minimum atomic E-state index is -1.21. The zero-order chi connectivity index (χ0) is 23.2. The smallest absolute Gasteiger partial charge is 0.341 e. The van der Waals surface area contributed by atoms with Crippen LogP contribution in [-0.2, 0) is 0 Å². The monoisotopic (exact) mass is 444 g/mol. The highest BCUT2D eigenvalue weighted by atomic mass is 19.1. The van der Waals surface area contributed by atoms with Gasteiger partial charge in [-0.1, -0.05) is 60.7 Å². The molecule has 1 aromatic heterocycles. The minimum Gasteiger partial charge on any atom is -0.477 e. The second kappa shape index (κ2) is 9.88. The number of aliphatic hydroxyl groups excluding tert-OH is 1. The molecular formula is C25H21FN4O3. The molecule has 7 nitrogen and oxygen atoms in total. The Morgan fingerprint density at radius 1 is 1.00 bits per heavy atom. The van der Waals surface area contributed by atoms with E-state index >= 15 is 0 Å². The van der Waals surface area contributed by atoms with E-state index in [4.69, 9.17) is 0 Å². The lowest BCUT2D eigenvalue weighted by molar-refractivity contribution is 0.0697. The molecule has 4 rings (SSSR count). The third kappa shape index (κ3) is 5.13. The summed E-state index contributed by atoms with van der Waals surface area (Å²) in [5, 5.41) is 25.4. The first-order chi connectivity index (χ1) is 16.0. The normalized spacial score (nSPS) is 11.6. The molecule has 0 aliphatic rings. The summed E-state index contributed by atoms with van der Waals surface area (Å²) in [6, 6.07) is 22.2. The van der Waals surface area contributed by atoms with E-state index in [1.807, 2.05) is 48.5 Å². The number of hydrogen-bond acceptors (Lipinski definition) is 6. The molecule has 33 heavy (non-hydrogen) atoms. The van der Waals surface area contributed by atoms with Crippen molar-refractivity contribution in [1.29, 1.82) is 0 Å². The molecule has 0 saturated carbocycles. The van der Waals surface area contributed by atoms with Gasteiger partial charge in [0.2, 0.25) is 5.95 Å². The van der Waals surface area contributed by atoms with Gasteiger partial charge in [-0.2, -0.15) is 4.98 Å². The van der Waals surface area contributed by atoms with Crippen LogP contribution in [0.2, 0.25) is 0 Å². The van der Waals surface area contributed by atoms with Crippen molar-refractivity contribution < 1.29 is 19.4 Å². The number of nitrogens with zero attached hydrogens (tertiary/aromatic N) is 2. The van der Waals surface area contributed by atoms with Crippen LogP contribution in [0, 0.1) is 5.82 Å². The zero-order valence-electron chi connectivity index (χ0n) is 17.4. The number of aliphatic hydroxyl groups is 1. The van der Waals surface area contributed by atoms with E-state index in [1.165, 1.54) is 12.3 Å². The molecule has 0 saturated heterocycles. The molecular weight excluding hydrogens is 423 g/mol. The number of carboxylic acids is 1. The van der Waals surface area contributed by atoms with Crippen molar-refractivity contribution in [2.45, 2.75) is 6.04 Å². The van der Waals surface area contributed by atoms with E-state index in [0.717, 1.165) is 11.1 Å². The molecule has 0 amide bonds. The van der Waals surface area contributed by atoms with Gasteiger partial charge in [0.25, 0.3) is 0 Å². The van der Waals surface area contributed by atoms with Gasteiger partial charge >= 0.3 is 5.97 Å². The Morgan fingerprint density at radius 2 is 1.70 bits per heavy atom. The number of aromatic carboxylic acids is 1. The highest BCUT2D eigenvalue weighted by Crippen LogP contribution is 2.28. The van der Waals surface area contributed by atoms with Gasteiger partial charge in [0.15, 0.2) is 0 Å². The Morgan fingerprint density at radius 3 is 2.36 bits per heavy atom. The summed E-state index contributed by atoms with van der Waals surface area (Å²) in [5.74, 6) is -1.40. The summed E-state index contributed by atoms with van der Waals surface area (Å²) in [5.41, 5.74) is 2.29. The van der Waals surface area contributed by atoms with Gasteiger partial charge in [-0.05, 0) is 29.3 Å². The topological polar surface area (TPSA) is 107 Å². The molecule has 3 aromatic carbocycles. The Labute approximate surface area is 189 Å². The highest BCUT2D eigenvalue weighted by molar-refractivity contribution is 5.93. The lowest BCUT2D eigenvalue weighted by Crippen LogP contribution is -2.18. The molecule has 0 spiro atoms. The summed E-state index contributed by atoms with van der Waals surface area (Å²) in [4.78, 5) is 20.1. The third-order valence-electron chi connectivity index (χ3n) is 5.02. The summed E-state index contributed by atoms with van der Waals surface area (Å²) in [6.07, 6.45) is 1.18. The summed E-state index contributed by atoms with van der Waals surface area (Å²) >= 11 is 0. The van der Waals surface area contributed by atoms with E-state index in [2.05, 4.69) is 20.6 Å². The zero-order valence-corrected chi connectivity index (χ0v) is 17.4. The first-order valence-corrected chi connectivity index (χ1v) is 10.2. The molecule has 4 aromatic rings. The molecule has 0 bridgehead atoms. The number of nitrogens with one attached hydrogen (secondary N) is 2. The van der Waals surface area contributed by atoms with Crippen molar-refractivity contribution in [3.63, 3.8) is 0 Å². The minimum absolute atomic E-state index is 0.0493. The van der Waals surface area contributed by atoms with Crippen molar-refractivity contribution in [2.24, 2.45) is 0 Å². The van der Waals surface area contributed by atoms with Gasteiger partial charge in [0.1, 0.15) is 17.2 Å². The molecule has 0 unspecified atom stereocenters. The van der Waals surface area contributed by atoms with E-state index in [1.54, 1.807) is 24.3 Å². The molecule has 0 fully saturated rings. The first-order valence-electron chi connectivity index (χ1n) is 10.2. The number of hydrogen-bond donors (Lipinski definition) is 4. The second-order valence-electron chi connectivity index (χ2n) is 7.24. The van der Waals surface area contributed by atoms with Crippen molar-refractivity contribution in [3.05, 3.63) is 102 Å². The maximum Gasteiger partial charge on any atom is 0.341 e. The fraction of sp³-hybridized carbons (Fsp3) is 0.0800. The molecule has 1 heterocycles. The van der Waals surface area contributed by atoms with Gasteiger partial charge in [0.05, 0.1) is 12.6 Å². The number of carbonyl (C=O) groups is 1. The summed E-state index contributed by atoms with van der Waals surface area (Å²) < 4.78 is 14.4. The van der Waals surface area contributed by atoms with Crippen LogP contribution in [0.1, 0.15) is 22.0 Å². The molecule has 8 heteroatoms. The Kier molecular flexibility index (Phi) is 6.56. The number of benzene rings is 3. The van der Waals surface area contributed by atoms with E-state index in [-0.39, 0.29) is 29.8 Å². The maximum atomic E-state index is 14.4. The van der Waals surface area contributed by atoms with Gasteiger partial charge in [-0.15, -0.1) is 0 Å². The standard InChI is InChI=1S/C25H21FN4O3/c26-21-12-11-18(13-19(21)16-7-3-1-4-8-16)28-25-27-14-20(24(32)33)23(30-25)29-22(15-31)17-9-5-2-6-10-17/h1-14,22,31H,15H2,(H,32,33)(H2,27,28,29,30)/t22-/m1/s1. The number of anilines is 3. The molecule has 4 N–H and O–H groups in total. The van der Waals surface area contributed by atoms with Gasteiger partial charge < -0.3 is 20.8 Å². The molecule has 1 atom stereocenters. The fourth-order valence-corrected chi connectivity index (χ4v) is 3.36. The SMILES string of the molecule is O=C(O)c1cnc(Nc2ccc(F)c(-c3ccccc3)c2)nc1N[C@H](CO)c1ccccc1. The van der Waals surface area contributed by atoms with Crippen molar-refractivity contribution >= 4 is 23.4 Å². The Bertz CT molecular complexity index is 1250. The predicted molar refractivity (Wildman–Crippen MR) is 124 cm³/mol. The van der Waals surface area contributed by atoms with Crippen molar-refractivity contribution in [3.8, 4) is 11.1 Å². The van der Waals surface area contributed by atoms with Crippen LogP contribution >= 0.6 is 0 Å². The molecule has 0 aliphatic heterocycles. The summed E-state index contributed by atoms with van der Waals surface area (Å²) in [7, 11) is 0. The lowest BCUT2D eigenvalue weighted by Gasteiger charge is -2.19. The number of halogens is 1. The van der Waals surface area contributed by atoms with Crippen LogP contribution in [0.4, 0.5) is 21.8 Å². The average molecular weight is 444 g/mol. The van der Waals surface area contributed by atoms with Crippen LogP contribution in [0.3, 0.4) is 0 Å². The predicted octanol–water partition coefficient (Wildman–Crippen LogP) is 4.87. The van der Waals surface area contributed by atoms with Gasteiger partial charge in [-0.3, -0.25) is 0 Å². The summed E-state index contributed by atoms with van der Waals surface area (Å²) in [6.45, 7) is -0.270. The van der Waals surface area contributed by atoms with E-state index < -0.39 is 12.0 Å². The van der Waals surface area contributed by atoms with Gasteiger partial charge in [0, 0.05) is 17.4 Å². The van der Waals surface area contributed by atoms with E-state index in [9.17, 15) is 19.4 Å². The van der Waals surface area contributed by atoms with Crippen LogP contribution in [-0.4, -0.2) is 32.8 Å². The Hall–Kier alpha value is -4.30. The second-order valence-corrected chi connectivity index (χ2v) is 7.24. The third-order valence-corrected chi connectivity index (χ3v) is 5.02. The van der Waals surface area contributed by atoms with Crippen LogP contribution in [0.15, 0.2) is 85.1 Å². The van der Waals surface area contributed by atoms with Crippen molar-refractivity contribution in [1.82, 2.24) is 9.97 Å². The number of carboxylic acid groups (broad SMARTS) is 1. The van der Waals surface area contributed by atoms with Crippen LogP contribution < -0.4 is 10.6 Å². The number of aromatic nitrogens is 2. The number of rotatable bonds is 8. The fourth-order valence-electron chi connectivity index (χ4n) is 3.36.